The monoisotopic (exact) mass is 473 g/mol. The number of likely N-dealkylation sites (tertiary alicyclic amines) is 1. The van der Waals surface area contributed by atoms with Gasteiger partial charge >= 0.3 is 0 Å². The van der Waals surface area contributed by atoms with Gasteiger partial charge in [-0.05, 0) is 44.2 Å². The molecule has 6 nitrogen and oxygen atoms in total. The molecule has 1 aliphatic heterocycles. The summed E-state index contributed by atoms with van der Waals surface area (Å²) in [5.74, 6) is -0.354. The molecule has 3 fully saturated rings. The Morgan fingerprint density at radius 3 is 2.30 bits per heavy atom. The maximum atomic E-state index is 12.9. The number of nitrogens with zero attached hydrogens (tertiary/aromatic N) is 1. The van der Waals surface area contributed by atoms with Crippen molar-refractivity contribution >= 4 is 39.1 Å². The van der Waals surface area contributed by atoms with Crippen LogP contribution >= 0.6 is 23.2 Å². The van der Waals surface area contributed by atoms with Gasteiger partial charge in [0.2, 0.25) is 10.0 Å². The molecule has 30 heavy (non-hydrogen) atoms. The second kappa shape index (κ2) is 9.33. The molecule has 2 saturated carbocycles. The topological polar surface area (TPSA) is 78.5 Å². The van der Waals surface area contributed by atoms with Crippen LogP contribution in [0.15, 0.2) is 17.0 Å². The molecule has 1 saturated heterocycles. The molecular formula is C21H29Cl2N3O3S. The Balaban J connectivity index is 1.43. The van der Waals surface area contributed by atoms with Crippen molar-refractivity contribution in [3.63, 3.8) is 0 Å². The second-order valence-corrected chi connectivity index (χ2v) is 11.3. The highest BCUT2D eigenvalue weighted by molar-refractivity contribution is 7.89. The van der Waals surface area contributed by atoms with Crippen molar-refractivity contribution in [3.8, 4) is 0 Å². The van der Waals surface area contributed by atoms with E-state index in [9.17, 15) is 13.2 Å². The van der Waals surface area contributed by atoms with E-state index in [1.165, 1.54) is 50.7 Å². The van der Waals surface area contributed by atoms with Gasteiger partial charge in [-0.3, -0.25) is 9.69 Å². The summed E-state index contributed by atoms with van der Waals surface area (Å²) in [6, 6.07) is 3.23. The highest BCUT2D eigenvalue weighted by Crippen LogP contribution is 2.31. The SMILES string of the molecule is O=C(NC1CCN(C2CCCCCC2)C1)c1cc(S(=O)(=O)NC2CC2)c(Cl)cc1Cl. The summed E-state index contributed by atoms with van der Waals surface area (Å²) < 4.78 is 27.8. The molecule has 4 rings (SSSR count). The maximum Gasteiger partial charge on any atom is 0.253 e. The first-order valence-electron chi connectivity index (χ1n) is 10.9. The van der Waals surface area contributed by atoms with Crippen molar-refractivity contribution in [2.45, 2.75) is 80.8 Å². The van der Waals surface area contributed by atoms with E-state index >= 15 is 0 Å². The van der Waals surface area contributed by atoms with E-state index in [-0.39, 0.29) is 38.5 Å². The molecule has 1 atom stereocenters. The summed E-state index contributed by atoms with van der Waals surface area (Å²) in [4.78, 5) is 15.3. The van der Waals surface area contributed by atoms with Crippen LogP contribution in [0.25, 0.3) is 0 Å². The first kappa shape index (κ1) is 22.3. The molecule has 166 valence electrons. The lowest BCUT2D eigenvalue weighted by Gasteiger charge is -2.26. The minimum Gasteiger partial charge on any atom is -0.348 e. The van der Waals surface area contributed by atoms with Crippen molar-refractivity contribution in [3.05, 3.63) is 27.7 Å². The molecule has 0 bridgehead atoms. The molecule has 0 aromatic heterocycles. The molecule has 9 heteroatoms. The first-order valence-corrected chi connectivity index (χ1v) is 13.1. The fraction of sp³-hybridized carbons (Fsp3) is 0.667. The molecular weight excluding hydrogens is 445 g/mol. The molecule has 2 N–H and O–H groups in total. The Morgan fingerprint density at radius 1 is 0.933 bits per heavy atom. The Morgan fingerprint density at radius 2 is 1.63 bits per heavy atom. The molecule has 0 spiro atoms. The molecule has 1 unspecified atom stereocenters. The minimum atomic E-state index is -3.78. The minimum absolute atomic E-state index is 0.0186. The smallest absolute Gasteiger partial charge is 0.253 e. The number of hydrogen-bond acceptors (Lipinski definition) is 4. The van der Waals surface area contributed by atoms with Crippen molar-refractivity contribution in [2.24, 2.45) is 0 Å². The summed E-state index contributed by atoms with van der Waals surface area (Å²) in [5.41, 5.74) is 0.144. The highest BCUT2D eigenvalue weighted by Gasteiger charge is 2.32. The van der Waals surface area contributed by atoms with E-state index in [1.807, 2.05) is 0 Å². The number of rotatable bonds is 6. The lowest BCUT2D eigenvalue weighted by molar-refractivity contribution is 0.0935. The van der Waals surface area contributed by atoms with Crippen LogP contribution in [0.4, 0.5) is 0 Å². The van der Waals surface area contributed by atoms with Gasteiger partial charge < -0.3 is 5.32 Å². The van der Waals surface area contributed by atoms with Gasteiger partial charge in [0.05, 0.1) is 15.6 Å². The van der Waals surface area contributed by atoms with E-state index in [1.54, 1.807) is 0 Å². The Labute approximate surface area is 188 Å². The zero-order valence-electron chi connectivity index (χ0n) is 17.0. The van der Waals surface area contributed by atoms with Gasteiger partial charge in [0.15, 0.2) is 0 Å². The largest absolute Gasteiger partial charge is 0.348 e. The van der Waals surface area contributed by atoms with Crippen LogP contribution in [-0.4, -0.2) is 50.4 Å². The fourth-order valence-corrected chi connectivity index (χ4v) is 6.68. The van der Waals surface area contributed by atoms with Crippen LogP contribution in [0.3, 0.4) is 0 Å². The summed E-state index contributed by atoms with van der Waals surface area (Å²) >= 11 is 12.4. The Hall–Kier alpha value is -0.860. The molecule has 3 aliphatic rings. The van der Waals surface area contributed by atoms with E-state index in [2.05, 4.69) is 14.9 Å². The Bertz CT molecular complexity index is 897. The fourth-order valence-electron chi connectivity index (χ4n) is 4.52. The van der Waals surface area contributed by atoms with Gasteiger partial charge in [0.25, 0.3) is 5.91 Å². The van der Waals surface area contributed by atoms with Crippen LogP contribution in [0.2, 0.25) is 10.0 Å². The van der Waals surface area contributed by atoms with E-state index in [4.69, 9.17) is 23.2 Å². The summed E-state index contributed by atoms with van der Waals surface area (Å²) in [7, 11) is -3.78. The molecule has 2 aliphatic carbocycles. The third-order valence-electron chi connectivity index (χ3n) is 6.35. The molecule has 1 amide bonds. The van der Waals surface area contributed by atoms with Crippen LogP contribution in [0, 0.1) is 0 Å². The summed E-state index contributed by atoms with van der Waals surface area (Å²) in [6.07, 6.45) is 10.2. The average molecular weight is 474 g/mol. The zero-order chi connectivity index (χ0) is 21.3. The number of halogens is 2. The van der Waals surface area contributed by atoms with Gasteiger partial charge in [-0.25, -0.2) is 13.1 Å². The zero-order valence-corrected chi connectivity index (χ0v) is 19.3. The van der Waals surface area contributed by atoms with Crippen molar-refractivity contribution < 1.29 is 13.2 Å². The van der Waals surface area contributed by atoms with Gasteiger partial charge in [0.1, 0.15) is 4.90 Å². The average Bonchev–Trinajstić information content (AvgIpc) is 3.43. The third kappa shape index (κ3) is 5.30. The number of amides is 1. The van der Waals surface area contributed by atoms with Gasteiger partial charge in [0, 0.05) is 31.2 Å². The van der Waals surface area contributed by atoms with Gasteiger partial charge in [-0.2, -0.15) is 0 Å². The van der Waals surface area contributed by atoms with E-state index in [0.29, 0.717) is 6.04 Å². The molecule has 1 heterocycles. The molecule has 0 radical (unpaired) electrons. The number of carbonyl (C=O) groups is 1. The van der Waals surface area contributed by atoms with Crippen molar-refractivity contribution in [2.75, 3.05) is 13.1 Å². The predicted molar refractivity (Wildman–Crippen MR) is 119 cm³/mol. The summed E-state index contributed by atoms with van der Waals surface area (Å²) in [6.45, 7) is 1.81. The number of nitrogens with one attached hydrogen (secondary N) is 2. The molecule has 1 aromatic carbocycles. The Kier molecular flexibility index (Phi) is 6.95. The first-order chi connectivity index (χ1) is 14.3. The number of carbonyl (C=O) groups excluding carboxylic acids is 1. The van der Waals surface area contributed by atoms with Crippen LogP contribution in [-0.2, 0) is 10.0 Å². The summed E-state index contributed by atoms with van der Waals surface area (Å²) in [5, 5.41) is 3.22. The number of benzene rings is 1. The van der Waals surface area contributed by atoms with Crippen LogP contribution in [0.1, 0.15) is 68.1 Å². The van der Waals surface area contributed by atoms with Crippen LogP contribution in [0.5, 0.6) is 0 Å². The standard InChI is InChI=1S/C21H29Cl2N3O3S/c22-18-12-19(23)20(30(28,29)25-14-7-8-14)11-17(18)21(27)24-15-9-10-26(13-15)16-5-3-1-2-4-6-16/h11-12,14-16,25H,1-10,13H2,(H,24,27). The maximum absolute atomic E-state index is 12.9. The predicted octanol–water partition coefficient (Wildman–Crippen LogP) is 3.96. The van der Waals surface area contributed by atoms with E-state index in [0.717, 1.165) is 32.4 Å². The molecule has 1 aromatic rings. The van der Waals surface area contributed by atoms with E-state index < -0.39 is 10.0 Å². The second-order valence-electron chi connectivity index (χ2n) is 8.76. The van der Waals surface area contributed by atoms with Gasteiger partial charge in [-0.15, -0.1) is 0 Å². The van der Waals surface area contributed by atoms with Crippen LogP contribution < -0.4 is 10.0 Å². The van der Waals surface area contributed by atoms with Crippen molar-refractivity contribution in [1.29, 1.82) is 0 Å². The quantitative estimate of drug-likeness (QED) is 0.612. The number of hydrogen-bond donors (Lipinski definition) is 2. The van der Waals surface area contributed by atoms with Gasteiger partial charge in [-0.1, -0.05) is 48.9 Å². The lowest BCUT2D eigenvalue weighted by atomic mass is 10.1. The highest BCUT2D eigenvalue weighted by atomic mass is 35.5. The van der Waals surface area contributed by atoms with Crippen molar-refractivity contribution in [1.82, 2.24) is 14.9 Å². The number of sulfonamides is 1. The normalized spacial score (nSPS) is 24.0. The third-order valence-corrected chi connectivity index (χ3v) is 8.65. The lowest BCUT2D eigenvalue weighted by Crippen LogP contribution is -2.40.